The van der Waals surface area contributed by atoms with E-state index in [1.165, 1.54) is 23.3 Å². The van der Waals surface area contributed by atoms with E-state index in [1.807, 2.05) is 28.6 Å². The number of aromatic nitrogens is 1. The number of benzene rings is 2. The van der Waals surface area contributed by atoms with Crippen LogP contribution in [-0.4, -0.2) is 21.9 Å². The van der Waals surface area contributed by atoms with Gasteiger partial charge in [0.05, 0.1) is 0 Å². The SMILES string of the molecule is Cn1c(C(=O)N2CCc3ccccc3C2)cc2cc(F)ccc21. The Hall–Kier alpha value is -2.62. The van der Waals surface area contributed by atoms with Crippen LogP contribution in [0, 0.1) is 5.82 Å². The molecule has 1 amide bonds. The highest BCUT2D eigenvalue weighted by Gasteiger charge is 2.24. The summed E-state index contributed by atoms with van der Waals surface area (Å²) < 4.78 is 15.2. The number of amides is 1. The van der Waals surface area contributed by atoms with Crippen LogP contribution < -0.4 is 0 Å². The van der Waals surface area contributed by atoms with Crippen LogP contribution in [0.5, 0.6) is 0 Å². The predicted molar refractivity (Wildman–Crippen MR) is 87.8 cm³/mol. The molecule has 0 fully saturated rings. The fourth-order valence-corrected chi connectivity index (χ4v) is 3.36. The molecule has 3 aromatic rings. The Morgan fingerprint density at radius 3 is 2.70 bits per heavy atom. The predicted octanol–water partition coefficient (Wildman–Crippen LogP) is 3.52. The first-order valence-corrected chi connectivity index (χ1v) is 7.74. The molecule has 2 aromatic carbocycles. The van der Waals surface area contributed by atoms with Crippen molar-refractivity contribution in [2.75, 3.05) is 6.54 Å². The summed E-state index contributed by atoms with van der Waals surface area (Å²) >= 11 is 0. The van der Waals surface area contributed by atoms with Gasteiger partial charge in [0.15, 0.2) is 0 Å². The van der Waals surface area contributed by atoms with Crippen LogP contribution in [0.4, 0.5) is 4.39 Å². The zero-order valence-electron chi connectivity index (χ0n) is 12.9. The van der Waals surface area contributed by atoms with Crippen LogP contribution in [-0.2, 0) is 20.0 Å². The van der Waals surface area contributed by atoms with Gasteiger partial charge in [-0.2, -0.15) is 0 Å². The molecule has 1 aromatic heterocycles. The molecule has 0 spiro atoms. The molecule has 0 atom stereocenters. The van der Waals surface area contributed by atoms with Gasteiger partial charge in [-0.1, -0.05) is 24.3 Å². The van der Waals surface area contributed by atoms with Gasteiger partial charge in [0, 0.05) is 31.0 Å². The van der Waals surface area contributed by atoms with Gasteiger partial charge >= 0.3 is 0 Å². The Labute approximate surface area is 133 Å². The Kier molecular flexibility index (Phi) is 3.18. The van der Waals surface area contributed by atoms with Crippen molar-refractivity contribution in [2.24, 2.45) is 7.05 Å². The first kappa shape index (κ1) is 14.0. The van der Waals surface area contributed by atoms with Gasteiger partial charge in [-0.05, 0) is 41.8 Å². The summed E-state index contributed by atoms with van der Waals surface area (Å²) in [7, 11) is 1.85. The first-order valence-electron chi connectivity index (χ1n) is 7.74. The molecule has 0 N–H and O–H groups in total. The zero-order valence-corrected chi connectivity index (χ0v) is 12.9. The maximum Gasteiger partial charge on any atom is 0.270 e. The van der Waals surface area contributed by atoms with Gasteiger partial charge in [0.25, 0.3) is 5.91 Å². The van der Waals surface area contributed by atoms with Gasteiger partial charge in [0.1, 0.15) is 11.5 Å². The average molecular weight is 308 g/mol. The summed E-state index contributed by atoms with van der Waals surface area (Å²) in [4.78, 5) is 14.8. The van der Waals surface area contributed by atoms with Crippen molar-refractivity contribution in [3.8, 4) is 0 Å². The summed E-state index contributed by atoms with van der Waals surface area (Å²) in [5, 5.41) is 0.758. The molecule has 0 aliphatic carbocycles. The topological polar surface area (TPSA) is 25.2 Å². The lowest BCUT2D eigenvalue weighted by Gasteiger charge is -2.29. The second-order valence-corrected chi connectivity index (χ2v) is 6.04. The molecule has 0 bridgehead atoms. The molecule has 4 rings (SSSR count). The third-order valence-electron chi connectivity index (χ3n) is 4.64. The highest BCUT2D eigenvalue weighted by atomic mass is 19.1. The third kappa shape index (κ3) is 2.31. The number of hydrogen-bond donors (Lipinski definition) is 0. The van der Waals surface area contributed by atoms with Gasteiger partial charge in [-0.15, -0.1) is 0 Å². The summed E-state index contributed by atoms with van der Waals surface area (Å²) in [6.45, 7) is 1.34. The summed E-state index contributed by atoms with van der Waals surface area (Å²) in [5.41, 5.74) is 3.99. The van der Waals surface area contributed by atoms with Crippen molar-refractivity contribution in [1.29, 1.82) is 0 Å². The number of carbonyl (C=O) groups excluding carboxylic acids is 1. The molecule has 0 saturated carbocycles. The van der Waals surface area contributed by atoms with E-state index in [9.17, 15) is 9.18 Å². The lowest BCUT2D eigenvalue weighted by molar-refractivity contribution is 0.0725. The van der Waals surface area contributed by atoms with Crippen LogP contribution >= 0.6 is 0 Å². The summed E-state index contributed by atoms with van der Waals surface area (Å²) in [5.74, 6) is -0.285. The van der Waals surface area contributed by atoms with E-state index in [-0.39, 0.29) is 11.7 Å². The monoisotopic (exact) mass is 308 g/mol. The normalized spacial score (nSPS) is 14.1. The second-order valence-electron chi connectivity index (χ2n) is 6.04. The quantitative estimate of drug-likeness (QED) is 0.675. The van der Waals surface area contributed by atoms with Crippen LogP contribution in [0.2, 0.25) is 0 Å². The molecule has 3 nitrogen and oxygen atoms in total. The lowest BCUT2D eigenvalue weighted by Crippen LogP contribution is -2.36. The molecule has 4 heteroatoms. The maximum absolute atomic E-state index is 13.4. The minimum absolute atomic E-state index is 0.00129. The van der Waals surface area contributed by atoms with Crippen LogP contribution in [0.25, 0.3) is 10.9 Å². The van der Waals surface area contributed by atoms with Crippen LogP contribution in [0.15, 0.2) is 48.5 Å². The Morgan fingerprint density at radius 1 is 1.09 bits per heavy atom. The van der Waals surface area contributed by atoms with Crippen molar-refractivity contribution in [3.63, 3.8) is 0 Å². The average Bonchev–Trinajstić information content (AvgIpc) is 2.89. The summed E-state index contributed by atoms with van der Waals surface area (Å²) in [6, 6.07) is 14.6. The van der Waals surface area contributed by atoms with E-state index in [0.29, 0.717) is 18.8 Å². The minimum Gasteiger partial charge on any atom is -0.340 e. The van der Waals surface area contributed by atoms with Crippen molar-refractivity contribution in [2.45, 2.75) is 13.0 Å². The number of halogens is 1. The molecule has 1 aliphatic heterocycles. The molecule has 23 heavy (non-hydrogen) atoms. The van der Waals surface area contributed by atoms with Gasteiger partial charge in [-0.3, -0.25) is 4.79 Å². The van der Waals surface area contributed by atoms with Crippen molar-refractivity contribution in [3.05, 3.63) is 71.2 Å². The summed E-state index contributed by atoms with van der Waals surface area (Å²) in [6.07, 6.45) is 0.875. The number of rotatable bonds is 1. The van der Waals surface area contributed by atoms with Crippen LogP contribution in [0.3, 0.4) is 0 Å². The molecular formula is C19H17FN2O. The van der Waals surface area contributed by atoms with E-state index >= 15 is 0 Å². The molecular weight excluding hydrogens is 291 g/mol. The van der Waals surface area contributed by atoms with Crippen LogP contribution in [0.1, 0.15) is 21.6 Å². The van der Waals surface area contributed by atoms with E-state index in [2.05, 4.69) is 12.1 Å². The Balaban J connectivity index is 1.69. The number of nitrogens with zero attached hydrogens (tertiary/aromatic N) is 2. The van der Waals surface area contributed by atoms with E-state index in [4.69, 9.17) is 0 Å². The molecule has 0 radical (unpaired) electrons. The van der Waals surface area contributed by atoms with Crippen molar-refractivity contribution >= 4 is 16.8 Å². The maximum atomic E-state index is 13.4. The fraction of sp³-hybridized carbons (Fsp3) is 0.211. The zero-order chi connectivity index (χ0) is 16.0. The molecule has 116 valence electrons. The first-order chi connectivity index (χ1) is 11.1. The minimum atomic E-state index is -0.283. The molecule has 0 saturated heterocycles. The number of fused-ring (bicyclic) bond motifs is 2. The largest absolute Gasteiger partial charge is 0.340 e. The number of hydrogen-bond acceptors (Lipinski definition) is 1. The molecule has 0 unspecified atom stereocenters. The molecule has 1 aliphatic rings. The van der Waals surface area contributed by atoms with Crippen molar-refractivity contribution < 1.29 is 9.18 Å². The third-order valence-corrected chi connectivity index (χ3v) is 4.64. The highest BCUT2D eigenvalue weighted by molar-refractivity contribution is 5.98. The van der Waals surface area contributed by atoms with E-state index in [1.54, 1.807) is 12.1 Å². The second kappa shape index (κ2) is 5.23. The molecule has 2 heterocycles. The van der Waals surface area contributed by atoms with E-state index in [0.717, 1.165) is 17.3 Å². The number of aryl methyl sites for hydroxylation is 1. The van der Waals surface area contributed by atoms with Gasteiger partial charge in [-0.25, -0.2) is 4.39 Å². The number of carbonyl (C=O) groups is 1. The van der Waals surface area contributed by atoms with Crippen molar-refractivity contribution in [1.82, 2.24) is 9.47 Å². The highest BCUT2D eigenvalue weighted by Crippen LogP contribution is 2.24. The van der Waals surface area contributed by atoms with Gasteiger partial charge < -0.3 is 9.47 Å². The lowest BCUT2D eigenvalue weighted by atomic mass is 10.00. The Morgan fingerprint density at radius 2 is 1.87 bits per heavy atom. The van der Waals surface area contributed by atoms with Gasteiger partial charge in [0.2, 0.25) is 0 Å². The van der Waals surface area contributed by atoms with E-state index < -0.39 is 0 Å². The fourth-order valence-electron chi connectivity index (χ4n) is 3.36. The Bertz CT molecular complexity index is 913. The smallest absolute Gasteiger partial charge is 0.270 e. The standard InChI is InChI=1S/C19H17FN2O/c1-21-17-7-6-16(20)10-15(17)11-18(21)19(23)22-9-8-13-4-2-3-5-14(13)12-22/h2-7,10-11H,8-9,12H2,1H3.